The van der Waals surface area contributed by atoms with E-state index in [1.807, 2.05) is 0 Å². The number of hydrogen-bond donors (Lipinski definition) is 1. The van der Waals surface area contributed by atoms with Crippen molar-refractivity contribution in [2.45, 2.75) is 19.4 Å². The Morgan fingerprint density at radius 2 is 2.27 bits per heavy atom. The summed E-state index contributed by atoms with van der Waals surface area (Å²) in [6.07, 6.45) is 1.47. The molecule has 15 heavy (non-hydrogen) atoms. The summed E-state index contributed by atoms with van der Waals surface area (Å²) in [6.45, 7) is 8.82. The molecule has 4 heteroatoms. The Kier molecular flexibility index (Phi) is 3.61. The highest BCUT2D eigenvalue weighted by atomic mass is 16.5. The van der Waals surface area contributed by atoms with Crippen molar-refractivity contribution >= 4 is 0 Å². The fraction of sp³-hybridized carbons (Fsp3) is 1.00. The molecule has 0 spiro atoms. The van der Waals surface area contributed by atoms with Crippen LogP contribution in [0.15, 0.2) is 0 Å². The van der Waals surface area contributed by atoms with Gasteiger partial charge in [0.25, 0.3) is 0 Å². The molecule has 0 radical (unpaired) electrons. The van der Waals surface area contributed by atoms with Crippen molar-refractivity contribution in [1.82, 2.24) is 4.90 Å². The molecule has 0 aliphatic carbocycles. The molecule has 2 saturated heterocycles. The summed E-state index contributed by atoms with van der Waals surface area (Å²) in [5.41, 5.74) is 6.04. The third kappa shape index (κ3) is 2.91. The third-order valence-corrected chi connectivity index (χ3v) is 3.42. The molecule has 0 bridgehead atoms. The van der Waals surface area contributed by atoms with Crippen molar-refractivity contribution in [2.24, 2.45) is 11.1 Å². The smallest absolute Gasteiger partial charge is 0.0824 e. The molecule has 4 nitrogen and oxygen atoms in total. The predicted octanol–water partition coefficient (Wildman–Crippen LogP) is 0.0725. The minimum Gasteiger partial charge on any atom is -0.380 e. The first-order valence-corrected chi connectivity index (χ1v) is 5.84. The molecule has 2 heterocycles. The van der Waals surface area contributed by atoms with Gasteiger partial charge < -0.3 is 15.2 Å². The predicted molar refractivity (Wildman–Crippen MR) is 58.8 cm³/mol. The van der Waals surface area contributed by atoms with Crippen molar-refractivity contribution in [3.63, 3.8) is 0 Å². The van der Waals surface area contributed by atoms with Crippen molar-refractivity contribution in [1.29, 1.82) is 0 Å². The van der Waals surface area contributed by atoms with E-state index in [1.54, 1.807) is 0 Å². The highest BCUT2D eigenvalue weighted by molar-refractivity contribution is 4.83. The zero-order valence-electron chi connectivity index (χ0n) is 9.58. The lowest BCUT2D eigenvalue weighted by atomic mass is 9.85. The summed E-state index contributed by atoms with van der Waals surface area (Å²) in [6, 6.07) is 0. The van der Waals surface area contributed by atoms with Crippen LogP contribution in [0.3, 0.4) is 0 Å². The SMILES string of the molecule is CC1(CCN2CCOC(CN)C2)COC1. The van der Waals surface area contributed by atoms with Crippen LogP contribution in [-0.2, 0) is 9.47 Å². The highest BCUT2D eigenvalue weighted by Crippen LogP contribution is 2.30. The third-order valence-electron chi connectivity index (χ3n) is 3.42. The van der Waals surface area contributed by atoms with Crippen LogP contribution in [0.1, 0.15) is 13.3 Å². The van der Waals surface area contributed by atoms with Crippen molar-refractivity contribution in [3.8, 4) is 0 Å². The first-order chi connectivity index (χ1) is 7.22. The number of nitrogens with zero attached hydrogens (tertiary/aromatic N) is 1. The van der Waals surface area contributed by atoms with E-state index in [1.165, 1.54) is 6.42 Å². The van der Waals surface area contributed by atoms with Crippen LogP contribution >= 0.6 is 0 Å². The molecule has 0 saturated carbocycles. The van der Waals surface area contributed by atoms with Crippen LogP contribution in [0.25, 0.3) is 0 Å². The van der Waals surface area contributed by atoms with E-state index in [2.05, 4.69) is 11.8 Å². The second-order valence-electron chi connectivity index (χ2n) is 5.08. The van der Waals surface area contributed by atoms with Crippen LogP contribution in [-0.4, -0.2) is 57.0 Å². The first kappa shape index (κ1) is 11.3. The van der Waals surface area contributed by atoms with Gasteiger partial charge in [-0.3, -0.25) is 4.90 Å². The second-order valence-corrected chi connectivity index (χ2v) is 5.08. The first-order valence-electron chi connectivity index (χ1n) is 5.84. The van der Waals surface area contributed by atoms with E-state index < -0.39 is 0 Å². The van der Waals surface area contributed by atoms with Gasteiger partial charge in [-0.1, -0.05) is 6.92 Å². The van der Waals surface area contributed by atoms with Crippen LogP contribution in [0, 0.1) is 5.41 Å². The minimum absolute atomic E-state index is 0.240. The van der Waals surface area contributed by atoms with E-state index in [-0.39, 0.29) is 6.10 Å². The molecule has 2 aliphatic heterocycles. The normalized spacial score (nSPS) is 31.2. The maximum atomic E-state index is 5.61. The summed E-state index contributed by atoms with van der Waals surface area (Å²) in [5.74, 6) is 0. The van der Waals surface area contributed by atoms with Gasteiger partial charge in [-0.05, 0) is 13.0 Å². The zero-order chi connectivity index (χ0) is 10.7. The Morgan fingerprint density at radius 3 is 2.87 bits per heavy atom. The second kappa shape index (κ2) is 4.78. The average molecular weight is 214 g/mol. The molecule has 0 aromatic carbocycles. The molecule has 1 atom stereocenters. The lowest BCUT2D eigenvalue weighted by Crippen LogP contribution is -2.48. The topological polar surface area (TPSA) is 47.7 Å². The van der Waals surface area contributed by atoms with E-state index >= 15 is 0 Å². The Balaban J connectivity index is 1.69. The quantitative estimate of drug-likeness (QED) is 0.719. The highest BCUT2D eigenvalue weighted by Gasteiger charge is 2.33. The van der Waals surface area contributed by atoms with Gasteiger partial charge in [-0.25, -0.2) is 0 Å². The molecular formula is C11H22N2O2. The van der Waals surface area contributed by atoms with E-state index in [0.717, 1.165) is 39.5 Å². The summed E-state index contributed by atoms with van der Waals surface area (Å²) in [4.78, 5) is 2.46. The Labute approximate surface area is 91.7 Å². The van der Waals surface area contributed by atoms with Gasteiger partial charge >= 0.3 is 0 Å². The molecule has 2 aliphatic rings. The van der Waals surface area contributed by atoms with E-state index in [9.17, 15) is 0 Å². The number of morpholine rings is 1. The molecule has 1 unspecified atom stereocenters. The summed E-state index contributed by atoms with van der Waals surface area (Å²) in [7, 11) is 0. The Morgan fingerprint density at radius 1 is 1.47 bits per heavy atom. The number of nitrogens with two attached hydrogens (primary N) is 1. The molecule has 2 N–H and O–H groups in total. The lowest BCUT2D eigenvalue weighted by molar-refractivity contribution is -0.112. The number of hydrogen-bond acceptors (Lipinski definition) is 4. The van der Waals surface area contributed by atoms with Crippen LogP contribution < -0.4 is 5.73 Å². The van der Waals surface area contributed by atoms with Crippen molar-refractivity contribution in [2.75, 3.05) is 46.0 Å². The molecule has 88 valence electrons. The maximum Gasteiger partial charge on any atom is 0.0824 e. The largest absolute Gasteiger partial charge is 0.380 e. The van der Waals surface area contributed by atoms with E-state index in [4.69, 9.17) is 15.2 Å². The average Bonchev–Trinajstić information content (AvgIpc) is 2.24. The van der Waals surface area contributed by atoms with Gasteiger partial charge in [-0.2, -0.15) is 0 Å². The summed E-state index contributed by atoms with van der Waals surface area (Å²) < 4.78 is 10.8. The van der Waals surface area contributed by atoms with Crippen LogP contribution in [0.4, 0.5) is 0 Å². The van der Waals surface area contributed by atoms with Gasteiger partial charge in [0.2, 0.25) is 0 Å². The fourth-order valence-electron chi connectivity index (χ4n) is 2.15. The number of ether oxygens (including phenoxy) is 2. The molecule has 0 aromatic heterocycles. The molecule has 2 rings (SSSR count). The zero-order valence-corrected chi connectivity index (χ0v) is 9.58. The molecular weight excluding hydrogens is 192 g/mol. The van der Waals surface area contributed by atoms with Gasteiger partial charge in [0, 0.05) is 25.0 Å². The van der Waals surface area contributed by atoms with Crippen LogP contribution in [0.2, 0.25) is 0 Å². The van der Waals surface area contributed by atoms with Gasteiger partial charge in [0.05, 0.1) is 25.9 Å². The van der Waals surface area contributed by atoms with E-state index in [0.29, 0.717) is 12.0 Å². The monoisotopic (exact) mass is 214 g/mol. The molecule has 0 amide bonds. The van der Waals surface area contributed by atoms with Crippen molar-refractivity contribution < 1.29 is 9.47 Å². The standard InChI is InChI=1S/C11H22N2O2/c1-11(8-14-9-11)2-3-13-4-5-15-10(6-12)7-13/h10H,2-9,12H2,1H3. The number of rotatable bonds is 4. The summed E-state index contributed by atoms with van der Waals surface area (Å²) in [5, 5.41) is 0. The Bertz CT molecular complexity index is 207. The fourth-order valence-corrected chi connectivity index (χ4v) is 2.15. The molecule has 2 fully saturated rings. The summed E-state index contributed by atoms with van der Waals surface area (Å²) >= 11 is 0. The van der Waals surface area contributed by atoms with Crippen molar-refractivity contribution in [3.05, 3.63) is 0 Å². The van der Waals surface area contributed by atoms with Gasteiger partial charge in [0.1, 0.15) is 0 Å². The minimum atomic E-state index is 0.240. The lowest BCUT2D eigenvalue weighted by Gasteiger charge is -2.40. The van der Waals surface area contributed by atoms with Gasteiger partial charge in [0.15, 0.2) is 0 Å². The Hall–Kier alpha value is -0.160. The van der Waals surface area contributed by atoms with Crippen LogP contribution in [0.5, 0.6) is 0 Å². The van der Waals surface area contributed by atoms with Gasteiger partial charge in [-0.15, -0.1) is 0 Å². The molecule has 0 aromatic rings. The maximum absolute atomic E-state index is 5.61.